The lowest BCUT2D eigenvalue weighted by Gasteiger charge is -2.22. The Kier molecular flexibility index (Phi) is 5.99. The third kappa shape index (κ3) is 4.70. The molecule has 1 aromatic carbocycles. The van der Waals surface area contributed by atoms with E-state index in [-0.39, 0.29) is 11.7 Å². The molecule has 1 saturated heterocycles. The molecule has 4 rings (SSSR count). The molecular formula is C21H26N6OS. The number of hydrogen-bond acceptors (Lipinski definition) is 6. The van der Waals surface area contributed by atoms with Crippen LogP contribution in [0.15, 0.2) is 35.5 Å². The number of amides is 1. The van der Waals surface area contributed by atoms with E-state index in [0.29, 0.717) is 10.9 Å². The van der Waals surface area contributed by atoms with Crippen molar-refractivity contribution in [2.24, 2.45) is 0 Å². The third-order valence-corrected chi connectivity index (χ3v) is 6.05. The average Bonchev–Trinajstić information content (AvgIpc) is 2.92. The lowest BCUT2D eigenvalue weighted by molar-refractivity contribution is -0.113. The number of nitrogens with zero attached hydrogens (tertiary/aromatic N) is 5. The van der Waals surface area contributed by atoms with E-state index in [2.05, 4.69) is 37.5 Å². The summed E-state index contributed by atoms with van der Waals surface area (Å²) in [4.78, 5) is 19.2. The van der Waals surface area contributed by atoms with Crippen LogP contribution in [-0.4, -0.2) is 44.3 Å². The molecule has 7 nitrogen and oxygen atoms in total. The van der Waals surface area contributed by atoms with Crippen molar-refractivity contribution in [2.75, 3.05) is 29.1 Å². The lowest BCUT2D eigenvalue weighted by Crippen LogP contribution is -2.23. The van der Waals surface area contributed by atoms with Gasteiger partial charge in [-0.2, -0.15) is 0 Å². The minimum Gasteiger partial charge on any atom is -0.372 e. The van der Waals surface area contributed by atoms with Gasteiger partial charge in [-0.05, 0) is 57.0 Å². The van der Waals surface area contributed by atoms with E-state index in [4.69, 9.17) is 0 Å². The number of carbonyl (C=O) groups is 1. The van der Waals surface area contributed by atoms with Gasteiger partial charge in [-0.25, -0.2) is 4.98 Å². The first-order chi connectivity index (χ1) is 14.1. The van der Waals surface area contributed by atoms with Crippen molar-refractivity contribution in [1.82, 2.24) is 19.6 Å². The fourth-order valence-corrected chi connectivity index (χ4v) is 4.49. The molecule has 2 aromatic heterocycles. The van der Waals surface area contributed by atoms with Crippen LogP contribution in [0.4, 0.5) is 11.4 Å². The molecule has 3 heterocycles. The van der Waals surface area contributed by atoms with E-state index in [0.717, 1.165) is 30.2 Å². The van der Waals surface area contributed by atoms with Gasteiger partial charge in [0.25, 0.3) is 5.78 Å². The average molecular weight is 411 g/mol. The molecule has 1 N–H and O–H groups in total. The van der Waals surface area contributed by atoms with Crippen LogP contribution >= 0.6 is 11.8 Å². The van der Waals surface area contributed by atoms with Gasteiger partial charge in [-0.1, -0.05) is 24.6 Å². The number of anilines is 2. The summed E-state index contributed by atoms with van der Waals surface area (Å²) >= 11 is 1.36. The molecule has 0 radical (unpaired) electrons. The number of fused-ring (bicyclic) bond motifs is 1. The van der Waals surface area contributed by atoms with Gasteiger partial charge in [0.15, 0.2) is 5.16 Å². The van der Waals surface area contributed by atoms with Gasteiger partial charge in [0.2, 0.25) is 5.91 Å². The largest absolute Gasteiger partial charge is 0.372 e. The molecule has 0 atom stereocenters. The maximum Gasteiger partial charge on any atom is 0.256 e. The topological polar surface area (TPSA) is 75.4 Å². The Balaban J connectivity index is 1.35. The minimum absolute atomic E-state index is 0.0630. The Labute approximate surface area is 174 Å². The van der Waals surface area contributed by atoms with E-state index in [9.17, 15) is 4.79 Å². The highest BCUT2D eigenvalue weighted by molar-refractivity contribution is 7.99. The van der Waals surface area contributed by atoms with Crippen LogP contribution in [0.1, 0.15) is 37.1 Å². The maximum atomic E-state index is 12.4. The Morgan fingerprint density at radius 2 is 1.79 bits per heavy atom. The molecule has 1 fully saturated rings. The zero-order valence-electron chi connectivity index (χ0n) is 16.9. The predicted octanol–water partition coefficient (Wildman–Crippen LogP) is 3.85. The van der Waals surface area contributed by atoms with Crippen LogP contribution in [0.5, 0.6) is 0 Å². The van der Waals surface area contributed by atoms with Gasteiger partial charge in [0, 0.05) is 35.9 Å². The molecule has 29 heavy (non-hydrogen) atoms. The normalized spacial score (nSPS) is 14.8. The zero-order chi connectivity index (χ0) is 20.2. The molecule has 0 saturated carbocycles. The summed E-state index contributed by atoms with van der Waals surface area (Å²) in [5, 5.41) is 11.9. The molecule has 0 unspecified atom stereocenters. The number of carbonyl (C=O) groups excluding carboxylic acids is 1. The number of benzene rings is 1. The second-order valence-corrected chi connectivity index (χ2v) is 8.38. The van der Waals surface area contributed by atoms with E-state index < -0.39 is 0 Å². The van der Waals surface area contributed by atoms with Gasteiger partial charge in [0.1, 0.15) is 0 Å². The fourth-order valence-electron chi connectivity index (χ4n) is 3.71. The van der Waals surface area contributed by atoms with Gasteiger partial charge in [-0.15, -0.1) is 10.2 Å². The molecule has 1 aliphatic rings. The van der Waals surface area contributed by atoms with Crippen LogP contribution in [0.25, 0.3) is 5.78 Å². The molecule has 0 bridgehead atoms. The smallest absolute Gasteiger partial charge is 0.256 e. The maximum absolute atomic E-state index is 12.4. The summed E-state index contributed by atoms with van der Waals surface area (Å²) in [6.07, 6.45) is 5.14. The summed E-state index contributed by atoms with van der Waals surface area (Å²) < 4.78 is 1.88. The van der Waals surface area contributed by atoms with Crippen LogP contribution in [0.2, 0.25) is 0 Å². The first-order valence-corrected chi connectivity index (χ1v) is 11.1. The van der Waals surface area contributed by atoms with Crippen LogP contribution in [-0.2, 0) is 4.79 Å². The summed E-state index contributed by atoms with van der Waals surface area (Å²) in [5.74, 6) is 0.767. The van der Waals surface area contributed by atoms with E-state index in [1.54, 1.807) is 0 Å². The molecular weight excluding hydrogens is 384 g/mol. The Morgan fingerprint density at radius 1 is 1.07 bits per heavy atom. The number of aryl methyl sites for hydroxylation is 2. The highest BCUT2D eigenvalue weighted by atomic mass is 32.2. The Hall–Kier alpha value is -2.61. The highest BCUT2D eigenvalue weighted by Gasteiger charge is 2.13. The van der Waals surface area contributed by atoms with Crippen molar-refractivity contribution < 1.29 is 4.79 Å². The van der Waals surface area contributed by atoms with Gasteiger partial charge < -0.3 is 10.2 Å². The van der Waals surface area contributed by atoms with Crippen molar-refractivity contribution in [2.45, 2.75) is 44.7 Å². The molecule has 8 heteroatoms. The monoisotopic (exact) mass is 410 g/mol. The van der Waals surface area contributed by atoms with Gasteiger partial charge >= 0.3 is 0 Å². The van der Waals surface area contributed by atoms with Crippen molar-refractivity contribution in [1.29, 1.82) is 0 Å². The van der Waals surface area contributed by atoms with Crippen molar-refractivity contribution in [3.05, 3.63) is 41.7 Å². The highest BCUT2D eigenvalue weighted by Crippen LogP contribution is 2.22. The summed E-state index contributed by atoms with van der Waals surface area (Å²) in [6.45, 7) is 6.14. The first-order valence-electron chi connectivity index (χ1n) is 10.1. The molecule has 0 aliphatic carbocycles. The standard InChI is InChI=1S/C21H26N6OS/c1-15-13-16(2)27-20(22-15)24-25-21(27)29-14-19(28)23-17-7-9-18(10-8-17)26-11-5-3-4-6-12-26/h7-10,13H,3-6,11-12,14H2,1-2H3,(H,23,28). The molecule has 152 valence electrons. The number of hydrogen-bond donors (Lipinski definition) is 1. The Bertz CT molecular complexity index is 992. The van der Waals surface area contributed by atoms with Crippen LogP contribution < -0.4 is 10.2 Å². The summed E-state index contributed by atoms with van der Waals surface area (Å²) in [6, 6.07) is 10.1. The van der Waals surface area contributed by atoms with Crippen LogP contribution in [0, 0.1) is 13.8 Å². The second kappa shape index (κ2) is 8.82. The molecule has 1 amide bonds. The number of rotatable bonds is 5. The van der Waals surface area contributed by atoms with Crippen molar-refractivity contribution in [3.63, 3.8) is 0 Å². The number of aromatic nitrogens is 4. The van der Waals surface area contributed by atoms with Crippen molar-refractivity contribution in [3.8, 4) is 0 Å². The summed E-state index contributed by atoms with van der Waals surface area (Å²) in [5.41, 5.74) is 3.95. The SMILES string of the molecule is Cc1cc(C)n2c(SCC(=O)Nc3ccc(N4CCCCCC4)cc3)nnc2n1. The number of thioether (sulfide) groups is 1. The second-order valence-electron chi connectivity index (χ2n) is 7.44. The lowest BCUT2D eigenvalue weighted by atomic mass is 10.2. The molecule has 0 spiro atoms. The molecule has 1 aliphatic heterocycles. The zero-order valence-corrected chi connectivity index (χ0v) is 17.7. The van der Waals surface area contributed by atoms with E-state index in [1.807, 2.05) is 36.4 Å². The van der Waals surface area contributed by atoms with Gasteiger partial charge in [0.05, 0.1) is 5.75 Å². The first kappa shape index (κ1) is 19.7. The van der Waals surface area contributed by atoms with E-state index in [1.165, 1.54) is 43.1 Å². The van der Waals surface area contributed by atoms with E-state index >= 15 is 0 Å². The van der Waals surface area contributed by atoms with Crippen molar-refractivity contribution >= 4 is 34.8 Å². The third-order valence-electron chi connectivity index (χ3n) is 5.12. The minimum atomic E-state index is -0.0630. The summed E-state index contributed by atoms with van der Waals surface area (Å²) in [7, 11) is 0. The predicted molar refractivity (Wildman–Crippen MR) is 117 cm³/mol. The van der Waals surface area contributed by atoms with Crippen LogP contribution in [0.3, 0.4) is 0 Å². The Morgan fingerprint density at radius 3 is 2.52 bits per heavy atom. The quantitative estimate of drug-likeness (QED) is 0.644. The van der Waals surface area contributed by atoms with Gasteiger partial charge in [-0.3, -0.25) is 9.20 Å². The fraction of sp³-hybridized carbons (Fsp3) is 0.429. The molecule has 3 aromatic rings. The number of nitrogens with one attached hydrogen (secondary N) is 1.